The fourth-order valence-corrected chi connectivity index (χ4v) is 2.70. The summed E-state index contributed by atoms with van der Waals surface area (Å²) in [4.78, 5) is 1.45. The molecule has 1 fully saturated rings. The molecular formula is C11H21F3N2OS. The van der Waals surface area contributed by atoms with E-state index in [0.29, 0.717) is 31.1 Å². The lowest BCUT2D eigenvalue weighted by Crippen LogP contribution is -2.46. The molecule has 0 amide bonds. The second-order valence-electron chi connectivity index (χ2n) is 4.55. The number of nitrogens with zero attached hydrogens (tertiary/aromatic N) is 1. The highest BCUT2D eigenvalue weighted by molar-refractivity contribution is 7.84. The van der Waals surface area contributed by atoms with Crippen molar-refractivity contribution < 1.29 is 17.4 Å². The fraction of sp³-hybridized carbons (Fsp3) is 1.00. The van der Waals surface area contributed by atoms with Crippen molar-refractivity contribution in [3.63, 3.8) is 0 Å². The molecule has 1 aliphatic heterocycles. The number of halogens is 3. The largest absolute Gasteiger partial charge is 0.401 e. The Balaban J connectivity index is 2.14. The van der Waals surface area contributed by atoms with E-state index < -0.39 is 23.5 Å². The Morgan fingerprint density at radius 1 is 1.33 bits per heavy atom. The number of alkyl halides is 3. The Morgan fingerprint density at radius 3 is 2.44 bits per heavy atom. The first-order chi connectivity index (χ1) is 8.40. The molecule has 3 nitrogen and oxygen atoms in total. The minimum Gasteiger partial charge on any atom is -0.313 e. The highest BCUT2D eigenvalue weighted by Crippen LogP contribution is 2.19. The second kappa shape index (κ2) is 7.45. The van der Waals surface area contributed by atoms with Crippen molar-refractivity contribution in [3.8, 4) is 0 Å². The number of rotatable bonds is 6. The predicted octanol–water partition coefficient (Wildman–Crippen LogP) is 1.37. The lowest BCUT2D eigenvalue weighted by Gasteiger charge is -2.32. The fourth-order valence-electron chi connectivity index (χ4n) is 2.07. The summed E-state index contributed by atoms with van der Waals surface area (Å²) in [6.07, 6.45) is -2.64. The maximum absolute atomic E-state index is 12.2. The SMILES string of the molecule is CCS(=O)CCNC1CCN(CC(F)(F)F)CC1. The van der Waals surface area contributed by atoms with Crippen LogP contribution in [0.3, 0.4) is 0 Å². The second-order valence-corrected chi connectivity index (χ2v) is 6.42. The van der Waals surface area contributed by atoms with Crippen LogP contribution in [0.25, 0.3) is 0 Å². The van der Waals surface area contributed by atoms with Gasteiger partial charge in [0.05, 0.1) is 6.54 Å². The van der Waals surface area contributed by atoms with Crippen molar-refractivity contribution in [1.29, 1.82) is 0 Å². The Labute approximate surface area is 109 Å². The third-order valence-corrected chi connectivity index (χ3v) is 4.38. The summed E-state index contributed by atoms with van der Waals surface area (Å²) >= 11 is 0. The third-order valence-electron chi connectivity index (χ3n) is 3.08. The van der Waals surface area contributed by atoms with Gasteiger partial charge in [0.1, 0.15) is 0 Å². The van der Waals surface area contributed by atoms with E-state index >= 15 is 0 Å². The van der Waals surface area contributed by atoms with Crippen molar-refractivity contribution in [2.45, 2.75) is 32.0 Å². The number of hydrogen-bond acceptors (Lipinski definition) is 3. The molecule has 7 heteroatoms. The van der Waals surface area contributed by atoms with Gasteiger partial charge in [-0.05, 0) is 25.9 Å². The van der Waals surface area contributed by atoms with E-state index in [0.717, 1.165) is 12.8 Å². The summed E-state index contributed by atoms with van der Waals surface area (Å²) < 4.78 is 47.7. The van der Waals surface area contributed by atoms with Gasteiger partial charge in [0, 0.05) is 34.9 Å². The molecule has 1 aliphatic rings. The smallest absolute Gasteiger partial charge is 0.313 e. The quantitative estimate of drug-likeness (QED) is 0.800. The highest BCUT2D eigenvalue weighted by atomic mass is 32.2. The first-order valence-electron chi connectivity index (χ1n) is 6.28. The van der Waals surface area contributed by atoms with Gasteiger partial charge in [-0.1, -0.05) is 6.92 Å². The average molecular weight is 286 g/mol. The van der Waals surface area contributed by atoms with Crippen LogP contribution >= 0.6 is 0 Å². The van der Waals surface area contributed by atoms with Gasteiger partial charge < -0.3 is 5.32 Å². The lowest BCUT2D eigenvalue weighted by molar-refractivity contribution is -0.148. The van der Waals surface area contributed by atoms with Crippen LogP contribution in [-0.4, -0.2) is 59.0 Å². The van der Waals surface area contributed by atoms with Crippen LogP contribution in [0, 0.1) is 0 Å². The Kier molecular flexibility index (Phi) is 6.59. The molecule has 0 aliphatic carbocycles. The van der Waals surface area contributed by atoms with Crippen molar-refractivity contribution in [1.82, 2.24) is 10.2 Å². The van der Waals surface area contributed by atoms with Crippen molar-refractivity contribution in [2.24, 2.45) is 0 Å². The molecule has 1 rings (SSSR count). The van der Waals surface area contributed by atoms with Crippen LogP contribution in [0.2, 0.25) is 0 Å². The number of hydrogen-bond donors (Lipinski definition) is 1. The Hall–Kier alpha value is -0.140. The van der Waals surface area contributed by atoms with E-state index in [1.807, 2.05) is 6.92 Å². The maximum atomic E-state index is 12.2. The number of nitrogens with one attached hydrogen (secondary N) is 1. The van der Waals surface area contributed by atoms with Crippen LogP contribution in [0.1, 0.15) is 19.8 Å². The van der Waals surface area contributed by atoms with Crippen molar-refractivity contribution in [2.75, 3.05) is 37.7 Å². The zero-order valence-electron chi connectivity index (χ0n) is 10.6. The molecule has 0 saturated carbocycles. The van der Waals surface area contributed by atoms with E-state index in [1.165, 1.54) is 4.90 Å². The molecule has 1 atom stereocenters. The normalized spacial score (nSPS) is 21.1. The van der Waals surface area contributed by atoms with Gasteiger partial charge in [-0.25, -0.2) is 0 Å². The van der Waals surface area contributed by atoms with Crippen LogP contribution < -0.4 is 5.32 Å². The van der Waals surface area contributed by atoms with Gasteiger partial charge in [0.15, 0.2) is 0 Å². The summed E-state index contributed by atoms with van der Waals surface area (Å²) in [6, 6.07) is 0.267. The summed E-state index contributed by atoms with van der Waals surface area (Å²) in [6.45, 7) is 2.72. The monoisotopic (exact) mass is 286 g/mol. The molecular weight excluding hydrogens is 265 g/mol. The van der Waals surface area contributed by atoms with E-state index in [4.69, 9.17) is 0 Å². The molecule has 1 heterocycles. The number of likely N-dealkylation sites (tertiary alicyclic amines) is 1. The molecule has 0 aromatic rings. The molecule has 0 radical (unpaired) electrons. The first kappa shape index (κ1) is 15.9. The zero-order chi connectivity index (χ0) is 13.6. The molecule has 1 N–H and O–H groups in total. The van der Waals surface area contributed by atoms with Crippen LogP contribution in [0.4, 0.5) is 13.2 Å². The van der Waals surface area contributed by atoms with Crippen LogP contribution in [-0.2, 0) is 10.8 Å². The molecule has 0 bridgehead atoms. The minimum atomic E-state index is -4.10. The number of piperidine rings is 1. The summed E-state index contributed by atoms with van der Waals surface area (Å²) in [7, 11) is -0.773. The topological polar surface area (TPSA) is 32.3 Å². The standard InChI is InChI=1S/C11H21F3N2OS/c1-2-18(17)8-5-15-10-3-6-16(7-4-10)9-11(12,13)14/h10,15H,2-9H2,1H3. The molecule has 0 aromatic heterocycles. The van der Waals surface area contributed by atoms with Crippen LogP contribution in [0.5, 0.6) is 0 Å². The van der Waals surface area contributed by atoms with Crippen molar-refractivity contribution >= 4 is 10.8 Å². The summed E-state index contributed by atoms with van der Waals surface area (Å²) in [5.41, 5.74) is 0. The third kappa shape index (κ3) is 6.70. The molecule has 1 unspecified atom stereocenters. The van der Waals surface area contributed by atoms with E-state index in [2.05, 4.69) is 5.32 Å². The Morgan fingerprint density at radius 2 is 1.94 bits per heavy atom. The predicted molar refractivity (Wildman–Crippen MR) is 67.1 cm³/mol. The molecule has 0 spiro atoms. The zero-order valence-corrected chi connectivity index (χ0v) is 11.4. The van der Waals surface area contributed by atoms with Gasteiger partial charge in [-0.15, -0.1) is 0 Å². The van der Waals surface area contributed by atoms with E-state index in [1.54, 1.807) is 0 Å². The Bertz CT molecular complexity index is 266. The lowest BCUT2D eigenvalue weighted by atomic mass is 10.1. The van der Waals surface area contributed by atoms with E-state index in [9.17, 15) is 17.4 Å². The molecule has 108 valence electrons. The average Bonchev–Trinajstić information content (AvgIpc) is 2.29. The highest BCUT2D eigenvalue weighted by Gasteiger charge is 2.32. The first-order valence-corrected chi connectivity index (χ1v) is 7.77. The van der Waals surface area contributed by atoms with Crippen molar-refractivity contribution in [3.05, 3.63) is 0 Å². The summed E-state index contributed by atoms with van der Waals surface area (Å²) in [5, 5.41) is 3.27. The van der Waals surface area contributed by atoms with Gasteiger partial charge in [-0.2, -0.15) is 13.2 Å². The molecule has 1 saturated heterocycles. The van der Waals surface area contributed by atoms with Gasteiger partial charge >= 0.3 is 6.18 Å². The van der Waals surface area contributed by atoms with Crippen LogP contribution in [0.15, 0.2) is 0 Å². The minimum absolute atomic E-state index is 0.267. The van der Waals surface area contributed by atoms with E-state index in [-0.39, 0.29) is 6.04 Å². The molecule has 18 heavy (non-hydrogen) atoms. The van der Waals surface area contributed by atoms with Gasteiger partial charge in [-0.3, -0.25) is 9.11 Å². The summed E-state index contributed by atoms with van der Waals surface area (Å²) in [5.74, 6) is 1.28. The molecule has 0 aromatic carbocycles. The van der Waals surface area contributed by atoms with Gasteiger partial charge in [0.25, 0.3) is 0 Å². The maximum Gasteiger partial charge on any atom is 0.401 e. The van der Waals surface area contributed by atoms with Gasteiger partial charge in [0.2, 0.25) is 0 Å².